The van der Waals surface area contributed by atoms with Crippen LogP contribution in [0.3, 0.4) is 0 Å². The van der Waals surface area contributed by atoms with Crippen molar-refractivity contribution in [2.24, 2.45) is 0 Å². The van der Waals surface area contributed by atoms with Crippen LogP contribution in [0.25, 0.3) is 11.4 Å². The van der Waals surface area contributed by atoms with Crippen LogP contribution in [0.15, 0.2) is 24.3 Å². The van der Waals surface area contributed by atoms with Crippen molar-refractivity contribution in [2.45, 2.75) is 34.2 Å². The Kier molecular flexibility index (Phi) is 4.66. The highest BCUT2D eigenvalue weighted by Crippen LogP contribution is 2.19. The molecular weight excluding hydrogens is 332 g/mol. The van der Waals surface area contributed by atoms with Gasteiger partial charge >= 0.3 is 0 Å². The van der Waals surface area contributed by atoms with Gasteiger partial charge in [-0.25, -0.2) is 4.98 Å². The van der Waals surface area contributed by atoms with E-state index in [2.05, 4.69) is 25.6 Å². The molecule has 3 rings (SSSR count). The van der Waals surface area contributed by atoms with Gasteiger partial charge in [0.15, 0.2) is 11.6 Å². The average molecular weight is 352 g/mol. The minimum atomic E-state index is -0.228. The van der Waals surface area contributed by atoms with E-state index in [9.17, 15) is 9.59 Å². The predicted molar refractivity (Wildman–Crippen MR) is 96.9 cm³/mol. The van der Waals surface area contributed by atoms with Gasteiger partial charge in [0.2, 0.25) is 5.91 Å². The third kappa shape index (κ3) is 3.53. The van der Waals surface area contributed by atoms with Gasteiger partial charge in [-0.2, -0.15) is 10.2 Å². The molecule has 0 spiro atoms. The molecular formula is C18H20N6O2. The van der Waals surface area contributed by atoms with Gasteiger partial charge in [-0.3, -0.25) is 19.4 Å². The van der Waals surface area contributed by atoms with E-state index in [-0.39, 0.29) is 18.2 Å². The maximum Gasteiger partial charge on any atom is 0.246 e. The van der Waals surface area contributed by atoms with E-state index >= 15 is 0 Å². The maximum atomic E-state index is 12.4. The van der Waals surface area contributed by atoms with Gasteiger partial charge in [-0.1, -0.05) is 12.1 Å². The number of ketones is 1. The first-order valence-electron chi connectivity index (χ1n) is 8.19. The molecule has 0 aliphatic heterocycles. The van der Waals surface area contributed by atoms with Crippen LogP contribution in [0, 0.1) is 20.8 Å². The number of carbonyl (C=O) groups is 2. The maximum absolute atomic E-state index is 12.4. The van der Waals surface area contributed by atoms with Crippen molar-refractivity contribution in [3.63, 3.8) is 0 Å². The van der Waals surface area contributed by atoms with Crippen LogP contribution in [-0.2, 0) is 11.3 Å². The zero-order valence-electron chi connectivity index (χ0n) is 15.1. The summed E-state index contributed by atoms with van der Waals surface area (Å²) in [6, 6.07) is 7.30. The van der Waals surface area contributed by atoms with Gasteiger partial charge in [0.1, 0.15) is 12.4 Å². The summed E-state index contributed by atoms with van der Waals surface area (Å²) in [5.41, 5.74) is 3.33. The lowest BCUT2D eigenvalue weighted by Gasteiger charge is -2.08. The fourth-order valence-electron chi connectivity index (χ4n) is 2.90. The molecule has 0 aliphatic rings. The van der Waals surface area contributed by atoms with E-state index in [4.69, 9.17) is 0 Å². The quantitative estimate of drug-likeness (QED) is 0.686. The fourth-order valence-corrected chi connectivity index (χ4v) is 2.90. The van der Waals surface area contributed by atoms with Crippen molar-refractivity contribution < 1.29 is 9.59 Å². The molecule has 0 bridgehead atoms. The lowest BCUT2D eigenvalue weighted by Crippen LogP contribution is -2.20. The number of aromatic nitrogens is 5. The number of amides is 1. The highest BCUT2D eigenvalue weighted by atomic mass is 16.2. The molecule has 1 aromatic carbocycles. The molecule has 134 valence electrons. The van der Waals surface area contributed by atoms with Crippen LogP contribution < -0.4 is 5.32 Å². The van der Waals surface area contributed by atoms with Gasteiger partial charge in [0, 0.05) is 16.9 Å². The molecule has 8 heteroatoms. The zero-order valence-corrected chi connectivity index (χ0v) is 15.1. The summed E-state index contributed by atoms with van der Waals surface area (Å²) >= 11 is 0. The number of hydrogen-bond acceptors (Lipinski definition) is 5. The minimum absolute atomic E-state index is 0.0317. The Hall–Kier alpha value is -3.29. The summed E-state index contributed by atoms with van der Waals surface area (Å²) < 4.78 is 1.55. The van der Waals surface area contributed by atoms with Crippen LogP contribution in [0.2, 0.25) is 0 Å². The van der Waals surface area contributed by atoms with Gasteiger partial charge in [0.05, 0.1) is 11.3 Å². The molecule has 0 saturated heterocycles. The van der Waals surface area contributed by atoms with Crippen molar-refractivity contribution in [3.05, 3.63) is 47.0 Å². The summed E-state index contributed by atoms with van der Waals surface area (Å²) in [5, 5.41) is 14.0. The Labute approximate surface area is 150 Å². The van der Waals surface area contributed by atoms with Crippen LogP contribution in [0.5, 0.6) is 0 Å². The first-order valence-corrected chi connectivity index (χ1v) is 8.19. The fraction of sp³-hybridized carbons (Fsp3) is 0.278. The number of carbonyl (C=O) groups excluding carboxylic acids is 2. The van der Waals surface area contributed by atoms with Gasteiger partial charge in [-0.15, -0.1) is 0 Å². The molecule has 0 radical (unpaired) electrons. The number of H-pyrrole nitrogens is 1. The van der Waals surface area contributed by atoms with Crippen molar-refractivity contribution in [1.82, 2.24) is 25.0 Å². The van der Waals surface area contributed by atoms with E-state index in [0.717, 1.165) is 11.4 Å². The average Bonchev–Trinajstić information content (AvgIpc) is 3.11. The normalized spacial score (nSPS) is 10.8. The van der Waals surface area contributed by atoms with Crippen molar-refractivity contribution in [3.8, 4) is 11.4 Å². The number of Topliss-reactive ketones (excluding diaryl/α,β-unsaturated/α-hetero) is 1. The number of anilines is 1. The third-order valence-corrected chi connectivity index (χ3v) is 4.03. The van der Waals surface area contributed by atoms with Crippen LogP contribution >= 0.6 is 0 Å². The first kappa shape index (κ1) is 17.5. The highest BCUT2D eigenvalue weighted by Gasteiger charge is 2.17. The minimum Gasteiger partial charge on any atom is -0.324 e. The van der Waals surface area contributed by atoms with E-state index in [1.807, 2.05) is 25.1 Å². The third-order valence-electron chi connectivity index (χ3n) is 4.03. The zero-order chi connectivity index (χ0) is 18.8. The number of aromatic amines is 1. The molecule has 26 heavy (non-hydrogen) atoms. The van der Waals surface area contributed by atoms with E-state index in [1.165, 1.54) is 6.92 Å². The number of aryl methyl sites for hydroxylation is 2. The lowest BCUT2D eigenvalue weighted by atomic mass is 10.1. The van der Waals surface area contributed by atoms with Gasteiger partial charge in [-0.05, 0) is 39.8 Å². The standard InChI is InChI=1S/C18H20N6O2/c1-10-17(12(3)25)11(2)24(23-10)9-16(26)20-15-7-5-6-14(8-15)18-19-13(4)21-22-18/h5-8H,9H2,1-4H3,(H,20,26)(H,19,21,22). The molecule has 2 aromatic heterocycles. The summed E-state index contributed by atoms with van der Waals surface area (Å²) in [6.07, 6.45) is 0. The molecule has 0 aliphatic carbocycles. The van der Waals surface area contributed by atoms with Crippen molar-refractivity contribution in [1.29, 1.82) is 0 Å². The molecule has 0 saturated carbocycles. The number of nitrogens with one attached hydrogen (secondary N) is 2. The first-order chi connectivity index (χ1) is 12.3. The second-order valence-electron chi connectivity index (χ2n) is 6.13. The Balaban J connectivity index is 1.75. The Morgan fingerprint density at radius 1 is 1.23 bits per heavy atom. The van der Waals surface area contributed by atoms with E-state index < -0.39 is 0 Å². The molecule has 3 aromatic rings. The second-order valence-corrected chi connectivity index (χ2v) is 6.13. The number of hydrogen-bond donors (Lipinski definition) is 2. The Morgan fingerprint density at radius 3 is 2.62 bits per heavy atom. The van der Waals surface area contributed by atoms with E-state index in [0.29, 0.717) is 28.5 Å². The molecule has 8 nitrogen and oxygen atoms in total. The molecule has 1 amide bonds. The van der Waals surface area contributed by atoms with Gasteiger partial charge < -0.3 is 5.32 Å². The topological polar surface area (TPSA) is 106 Å². The van der Waals surface area contributed by atoms with Crippen LogP contribution in [0.1, 0.15) is 34.5 Å². The van der Waals surface area contributed by atoms with Crippen molar-refractivity contribution >= 4 is 17.4 Å². The highest BCUT2D eigenvalue weighted by molar-refractivity contribution is 5.96. The number of benzene rings is 1. The summed E-state index contributed by atoms with van der Waals surface area (Å²) in [4.78, 5) is 28.3. The SMILES string of the molecule is CC(=O)c1c(C)nn(CC(=O)Nc2cccc(-c3n[nH]c(C)n3)c2)c1C. The summed E-state index contributed by atoms with van der Waals surface area (Å²) in [5.74, 6) is 1.01. The molecule has 0 unspecified atom stereocenters. The largest absolute Gasteiger partial charge is 0.324 e. The predicted octanol–water partition coefficient (Wildman–Crippen LogP) is 2.43. The molecule has 0 atom stereocenters. The molecule has 0 fully saturated rings. The smallest absolute Gasteiger partial charge is 0.246 e. The van der Waals surface area contributed by atoms with E-state index in [1.54, 1.807) is 24.6 Å². The summed E-state index contributed by atoms with van der Waals surface area (Å²) in [7, 11) is 0. The Bertz CT molecular complexity index is 985. The van der Waals surface area contributed by atoms with Gasteiger partial charge in [0.25, 0.3) is 0 Å². The molecule has 2 N–H and O–H groups in total. The van der Waals surface area contributed by atoms with Crippen LogP contribution in [0.4, 0.5) is 5.69 Å². The molecule has 2 heterocycles. The second kappa shape index (κ2) is 6.91. The number of rotatable bonds is 5. The van der Waals surface area contributed by atoms with Crippen molar-refractivity contribution in [2.75, 3.05) is 5.32 Å². The lowest BCUT2D eigenvalue weighted by molar-refractivity contribution is -0.116. The monoisotopic (exact) mass is 352 g/mol. The summed E-state index contributed by atoms with van der Waals surface area (Å²) in [6.45, 7) is 6.91. The Morgan fingerprint density at radius 2 is 2.00 bits per heavy atom. The number of nitrogens with zero attached hydrogens (tertiary/aromatic N) is 4. The van der Waals surface area contributed by atoms with Crippen LogP contribution in [-0.4, -0.2) is 36.7 Å².